The van der Waals surface area contributed by atoms with Crippen LogP contribution in [0.1, 0.15) is 18.9 Å². The van der Waals surface area contributed by atoms with E-state index in [-0.39, 0.29) is 24.0 Å². The fraction of sp³-hybridized carbons (Fsp3) is 0.611. The standard InChI is InChI=1S/C18H30N4O.HI/c1-4-19-18(21-13-16-10-12-22(2)14-16)20-11-9-15-5-7-17(23-3)8-6-15;/h5-8,16H,4,9-14H2,1-3H3,(H2,19,20,21);1H. The molecule has 0 spiro atoms. The molecule has 1 aliphatic rings. The number of likely N-dealkylation sites (tertiary alicyclic amines) is 1. The highest BCUT2D eigenvalue weighted by Crippen LogP contribution is 2.14. The molecule has 6 heteroatoms. The Balaban J connectivity index is 0.00000288. The van der Waals surface area contributed by atoms with Gasteiger partial charge in [-0.2, -0.15) is 0 Å². The summed E-state index contributed by atoms with van der Waals surface area (Å²) in [5.74, 6) is 2.52. The Labute approximate surface area is 163 Å². The van der Waals surface area contributed by atoms with E-state index in [2.05, 4.69) is 41.6 Å². The monoisotopic (exact) mass is 446 g/mol. The van der Waals surface area contributed by atoms with Crippen LogP contribution in [0.15, 0.2) is 29.3 Å². The Morgan fingerprint density at radius 1 is 1.29 bits per heavy atom. The molecule has 1 fully saturated rings. The lowest BCUT2D eigenvalue weighted by atomic mass is 10.1. The molecule has 0 aromatic heterocycles. The minimum absolute atomic E-state index is 0. The molecule has 136 valence electrons. The molecule has 1 aromatic rings. The lowest BCUT2D eigenvalue weighted by molar-refractivity contribution is 0.397. The van der Waals surface area contributed by atoms with E-state index in [0.29, 0.717) is 5.92 Å². The van der Waals surface area contributed by atoms with Crippen LogP contribution in [-0.2, 0) is 6.42 Å². The van der Waals surface area contributed by atoms with Gasteiger partial charge in [0.05, 0.1) is 7.11 Å². The first-order valence-corrected chi connectivity index (χ1v) is 8.55. The van der Waals surface area contributed by atoms with Crippen molar-refractivity contribution in [2.24, 2.45) is 10.9 Å². The molecule has 1 heterocycles. The van der Waals surface area contributed by atoms with Crippen molar-refractivity contribution in [1.29, 1.82) is 0 Å². The summed E-state index contributed by atoms with van der Waals surface area (Å²) in [6.07, 6.45) is 2.23. The molecule has 0 amide bonds. The quantitative estimate of drug-likeness (QED) is 0.384. The molecule has 0 saturated carbocycles. The summed E-state index contributed by atoms with van der Waals surface area (Å²) in [6.45, 7) is 7.13. The number of benzene rings is 1. The van der Waals surface area contributed by atoms with Gasteiger partial charge in [-0.3, -0.25) is 4.99 Å². The zero-order valence-corrected chi connectivity index (χ0v) is 17.4. The first-order valence-electron chi connectivity index (χ1n) is 8.55. The van der Waals surface area contributed by atoms with Gasteiger partial charge in [-0.15, -0.1) is 24.0 Å². The van der Waals surface area contributed by atoms with Crippen molar-refractivity contribution in [3.8, 4) is 5.75 Å². The second kappa shape index (κ2) is 11.5. The first kappa shape index (κ1) is 21.0. The summed E-state index contributed by atoms with van der Waals surface area (Å²) in [6, 6.07) is 8.23. The van der Waals surface area contributed by atoms with Crippen LogP contribution in [0.2, 0.25) is 0 Å². The largest absolute Gasteiger partial charge is 0.497 e. The van der Waals surface area contributed by atoms with Crippen LogP contribution >= 0.6 is 24.0 Å². The van der Waals surface area contributed by atoms with E-state index in [9.17, 15) is 0 Å². The number of hydrogen-bond acceptors (Lipinski definition) is 3. The maximum Gasteiger partial charge on any atom is 0.191 e. The van der Waals surface area contributed by atoms with Crippen molar-refractivity contribution in [3.05, 3.63) is 29.8 Å². The summed E-state index contributed by atoms with van der Waals surface area (Å²) in [7, 11) is 3.87. The second-order valence-corrected chi connectivity index (χ2v) is 6.16. The van der Waals surface area contributed by atoms with Crippen molar-refractivity contribution in [1.82, 2.24) is 15.5 Å². The minimum Gasteiger partial charge on any atom is -0.497 e. The average molecular weight is 446 g/mol. The number of guanidine groups is 1. The van der Waals surface area contributed by atoms with E-state index in [0.717, 1.165) is 44.3 Å². The van der Waals surface area contributed by atoms with Gasteiger partial charge in [0, 0.05) is 26.2 Å². The molecule has 0 radical (unpaired) electrons. The third-order valence-electron chi connectivity index (χ3n) is 4.21. The predicted molar refractivity (Wildman–Crippen MR) is 112 cm³/mol. The highest BCUT2D eigenvalue weighted by molar-refractivity contribution is 14.0. The lowest BCUT2D eigenvalue weighted by Gasteiger charge is -2.13. The Morgan fingerprint density at radius 3 is 2.62 bits per heavy atom. The smallest absolute Gasteiger partial charge is 0.191 e. The van der Waals surface area contributed by atoms with Gasteiger partial charge < -0.3 is 20.3 Å². The average Bonchev–Trinajstić information content (AvgIpc) is 2.99. The van der Waals surface area contributed by atoms with Gasteiger partial charge in [0.1, 0.15) is 5.75 Å². The number of nitrogens with zero attached hydrogens (tertiary/aromatic N) is 2. The normalized spacial score (nSPS) is 18.1. The predicted octanol–water partition coefficient (Wildman–Crippen LogP) is 2.36. The minimum atomic E-state index is 0. The highest BCUT2D eigenvalue weighted by Gasteiger charge is 2.18. The van der Waals surface area contributed by atoms with E-state index in [4.69, 9.17) is 9.73 Å². The fourth-order valence-electron chi connectivity index (χ4n) is 2.85. The number of aliphatic imine (C=N–C) groups is 1. The molecule has 5 nitrogen and oxygen atoms in total. The molecule has 1 saturated heterocycles. The van der Waals surface area contributed by atoms with Gasteiger partial charge in [-0.1, -0.05) is 12.1 Å². The number of nitrogens with one attached hydrogen (secondary N) is 2. The zero-order chi connectivity index (χ0) is 16.5. The summed E-state index contributed by atoms with van der Waals surface area (Å²) in [4.78, 5) is 7.12. The van der Waals surface area contributed by atoms with Crippen LogP contribution in [0.5, 0.6) is 5.75 Å². The Hall–Kier alpha value is -1.02. The molecule has 1 unspecified atom stereocenters. The maximum atomic E-state index is 5.18. The number of methoxy groups -OCH3 is 1. The van der Waals surface area contributed by atoms with E-state index < -0.39 is 0 Å². The van der Waals surface area contributed by atoms with Gasteiger partial charge in [0.2, 0.25) is 0 Å². The molecular weight excluding hydrogens is 415 g/mol. The summed E-state index contributed by atoms with van der Waals surface area (Å²) in [5.41, 5.74) is 1.30. The molecule has 24 heavy (non-hydrogen) atoms. The zero-order valence-electron chi connectivity index (χ0n) is 15.0. The second-order valence-electron chi connectivity index (χ2n) is 6.16. The van der Waals surface area contributed by atoms with Crippen LogP contribution in [0.25, 0.3) is 0 Å². The molecule has 1 aliphatic heterocycles. The number of hydrogen-bond donors (Lipinski definition) is 2. The molecule has 1 aromatic carbocycles. The van der Waals surface area contributed by atoms with Crippen molar-refractivity contribution in [3.63, 3.8) is 0 Å². The van der Waals surface area contributed by atoms with Gasteiger partial charge in [-0.25, -0.2) is 0 Å². The first-order chi connectivity index (χ1) is 11.2. The Bertz CT molecular complexity index is 492. The molecule has 2 N–H and O–H groups in total. The maximum absolute atomic E-state index is 5.18. The van der Waals surface area contributed by atoms with Crippen molar-refractivity contribution >= 4 is 29.9 Å². The summed E-state index contributed by atoms with van der Waals surface area (Å²) in [5, 5.41) is 6.75. The summed E-state index contributed by atoms with van der Waals surface area (Å²) >= 11 is 0. The Kier molecular flexibility index (Phi) is 10.1. The molecule has 0 bridgehead atoms. The number of rotatable bonds is 7. The van der Waals surface area contributed by atoms with Gasteiger partial charge in [0.15, 0.2) is 5.96 Å². The van der Waals surface area contributed by atoms with E-state index in [1.807, 2.05) is 12.1 Å². The van der Waals surface area contributed by atoms with Gasteiger partial charge in [0.25, 0.3) is 0 Å². The van der Waals surface area contributed by atoms with Crippen molar-refractivity contribution in [2.75, 3.05) is 46.9 Å². The third-order valence-corrected chi connectivity index (χ3v) is 4.21. The van der Waals surface area contributed by atoms with Crippen LogP contribution in [0.4, 0.5) is 0 Å². The van der Waals surface area contributed by atoms with E-state index >= 15 is 0 Å². The van der Waals surface area contributed by atoms with E-state index in [1.54, 1.807) is 7.11 Å². The number of halogens is 1. The fourth-order valence-corrected chi connectivity index (χ4v) is 2.85. The molecule has 1 atom stereocenters. The third kappa shape index (κ3) is 7.25. The van der Waals surface area contributed by atoms with Crippen LogP contribution in [-0.4, -0.2) is 57.7 Å². The van der Waals surface area contributed by atoms with Crippen molar-refractivity contribution < 1.29 is 4.74 Å². The van der Waals surface area contributed by atoms with Crippen LogP contribution in [0, 0.1) is 5.92 Å². The van der Waals surface area contributed by atoms with Crippen molar-refractivity contribution in [2.45, 2.75) is 19.8 Å². The van der Waals surface area contributed by atoms with Gasteiger partial charge in [-0.05, 0) is 57.0 Å². The molecule has 2 rings (SSSR count). The molecule has 0 aliphatic carbocycles. The summed E-state index contributed by atoms with van der Waals surface area (Å²) < 4.78 is 5.18. The van der Waals surface area contributed by atoms with Gasteiger partial charge >= 0.3 is 0 Å². The van der Waals surface area contributed by atoms with Crippen LogP contribution in [0.3, 0.4) is 0 Å². The van der Waals surface area contributed by atoms with E-state index in [1.165, 1.54) is 18.5 Å². The Morgan fingerprint density at radius 2 is 2.04 bits per heavy atom. The molecular formula is C18H31IN4O. The number of ether oxygens (including phenoxy) is 1. The lowest BCUT2D eigenvalue weighted by Crippen LogP contribution is -2.38. The van der Waals surface area contributed by atoms with Crippen LogP contribution < -0.4 is 15.4 Å². The topological polar surface area (TPSA) is 48.9 Å². The highest BCUT2D eigenvalue weighted by atomic mass is 127. The SMILES string of the molecule is CCNC(=NCC1CCN(C)C1)NCCc1ccc(OC)cc1.I.